The Morgan fingerprint density at radius 2 is 1.88 bits per heavy atom. The molecular formula is C13H12N2O. The minimum absolute atomic E-state index is 0.236. The smallest absolute Gasteiger partial charge is 0.152 e. The summed E-state index contributed by atoms with van der Waals surface area (Å²) in [5.41, 5.74) is 1.48. The molecule has 0 aliphatic carbocycles. The van der Waals surface area contributed by atoms with Crippen molar-refractivity contribution in [1.29, 1.82) is 0 Å². The van der Waals surface area contributed by atoms with Gasteiger partial charge in [0.1, 0.15) is 5.75 Å². The number of hydrogen-bond acceptors (Lipinski definition) is 3. The fourth-order valence-electron chi connectivity index (χ4n) is 1.43. The van der Waals surface area contributed by atoms with Gasteiger partial charge in [0.25, 0.3) is 0 Å². The highest BCUT2D eigenvalue weighted by molar-refractivity contribution is 6.02. The lowest BCUT2D eigenvalue weighted by molar-refractivity contribution is 0.474. The lowest BCUT2D eigenvalue weighted by Crippen LogP contribution is -1.94. The molecular weight excluding hydrogens is 200 g/mol. The van der Waals surface area contributed by atoms with Gasteiger partial charge in [-0.3, -0.25) is 0 Å². The standard InChI is InChI=1S/C13H12N2O/c1-10(11-6-2-3-7-12(11)16)15-13-8-4-5-9-14-13/h2-9,16H,1H3. The van der Waals surface area contributed by atoms with Crippen molar-refractivity contribution in [2.24, 2.45) is 4.99 Å². The topological polar surface area (TPSA) is 45.5 Å². The van der Waals surface area contributed by atoms with Gasteiger partial charge in [-0.05, 0) is 31.2 Å². The number of benzene rings is 1. The maximum absolute atomic E-state index is 9.66. The highest BCUT2D eigenvalue weighted by Gasteiger charge is 2.03. The van der Waals surface area contributed by atoms with Crippen LogP contribution in [0.4, 0.5) is 5.82 Å². The van der Waals surface area contributed by atoms with E-state index in [1.165, 1.54) is 0 Å². The molecule has 3 heteroatoms. The van der Waals surface area contributed by atoms with Crippen molar-refractivity contribution in [2.45, 2.75) is 6.92 Å². The van der Waals surface area contributed by atoms with Crippen LogP contribution >= 0.6 is 0 Å². The first-order chi connectivity index (χ1) is 7.77. The molecule has 80 valence electrons. The zero-order valence-corrected chi connectivity index (χ0v) is 8.96. The predicted molar refractivity (Wildman–Crippen MR) is 64.2 cm³/mol. The van der Waals surface area contributed by atoms with Gasteiger partial charge in [-0.2, -0.15) is 0 Å². The molecule has 0 atom stereocenters. The molecule has 2 aromatic rings. The third-order valence-corrected chi connectivity index (χ3v) is 2.23. The fourth-order valence-corrected chi connectivity index (χ4v) is 1.43. The molecule has 3 nitrogen and oxygen atoms in total. The van der Waals surface area contributed by atoms with E-state index in [0.717, 1.165) is 11.3 Å². The van der Waals surface area contributed by atoms with E-state index in [0.29, 0.717) is 5.82 Å². The summed E-state index contributed by atoms with van der Waals surface area (Å²) in [6, 6.07) is 12.7. The molecule has 0 fully saturated rings. The number of rotatable bonds is 2. The number of phenols is 1. The van der Waals surface area contributed by atoms with Crippen molar-refractivity contribution in [3.05, 3.63) is 54.2 Å². The molecule has 1 aromatic carbocycles. The second kappa shape index (κ2) is 4.57. The fraction of sp³-hybridized carbons (Fsp3) is 0.0769. The number of aliphatic imine (C=N–C) groups is 1. The van der Waals surface area contributed by atoms with Gasteiger partial charge in [-0.25, -0.2) is 9.98 Å². The van der Waals surface area contributed by atoms with E-state index in [-0.39, 0.29) is 5.75 Å². The van der Waals surface area contributed by atoms with E-state index in [9.17, 15) is 5.11 Å². The summed E-state index contributed by atoms with van der Waals surface area (Å²) >= 11 is 0. The summed E-state index contributed by atoms with van der Waals surface area (Å²) in [6.07, 6.45) is 1.69. The predicted octanol–water partition coefficient (Wildman–Crippen LogP) is 2.93. The van der Waals surface area contributed by atoms with Gasteiger partial charge < -0.3 is 5.11 Å². The van der Waals surface area contributed by atoms with Crippen molar-refractivity contribution in [3.8, 4) is 5.75 Å². The first-order valence-electron chi connectivity index (χ1n) is 5.02. The molecule has 1 aromatic heterocycles. The molecule has 0 aliphatic rings. The first kappa shape index (κ1) is 10.4. The molecule has 0 aliphatic heterocycles. The van der Waals surface area contributed by atoms with Crippen LogP contribution in [0.3, 0.4) is 0 Å². The Kier molecular flexibility index (Phi) is 2.96. The second-order valence-electron chi connectivity index (χ2n) is 3.40. The molecule has 0 saturated carbocycles. The molecule has 16 heavy (non-hydrogen) atoms. The van der Waals surface area contributed by atoms with E-state index >= 15 is 0 Å². The number of phenolic OH excluding ortho intramolecular Hbond substituents is 1. The zero-order chi connectivity index (χ0) is 11.4. The van der Waals surface area contributed by atoms with Gasteiger partial charge in [-0.1, -0.05) is 18.2 Å². The highest BCUT2D eigenvalue weighted by atomic mass is 16.3. The zero-order valence-electron chi connectivity index (χ0n) is 8.96. The van der Waals surface area contributed by atoms with E-state index in [1.54, 1.807) is 18.3 Å². The number of nitrogens with zero attached hydrogens (tertiary/aromatic N) is 2. The minimum Gasteiger partial charge on any atom is -0.507 e. The molecule has 0 bridgehead atoms. The van der Waals surface area contributed by atoms with Crippen LogP contribution in [0.5, 0.6) is 5.75 Å². The van der Waals surface area contributed by atoms with Gasteiger partial charge in [0.05, 0.1) is 5.71 Å². The lowest BCUT2D eigenvalue weighted by atomic mass is 10.1. The molecule has 1 N–H and O–H groups in total. The largest absolute Gasteiger partial charge is 0.507 e. The van der Waals surface area contributed by atoms with Gasteiger partial charge in [0, 0.05) is 11.8 Å². The Balaban J connectivity index is 2.36. The van der Waals surface area contributed by atoms with Gasteiger partial charge in [-0.15, -0.1) is 0 Å². The number of para-hydroxylation sites is 1. The minimum atomic E-state index is 0.236. The molecule has 1 heterocycles. The number of hydrogen-bond donors (Lipinski definition) is 1. The molecule has 0 saturated heterocycles. The summed E-state index contributed by atoms with van der Waals surface area (Å²) in [7, 11) is 0. The Hall–Kier alpha value is -2.16. The Morgan fingerprint density at radius 3 is 2.56 bits per heavy atom. The second-order valence-corrected chi connectivity index (χ2v) is 3.40. The lowest BCUT2D eigenvalue weighted by Gasteiger charge is -2.02. The first-order valence-corrected chi connectivity index (χ1v) is 5.02. The Morgan fingerprint density at radius 1 is 1.12 bits per heavy atom. The van der Waals surface area contributed by atoms with E-state index in [2.05, 4.69) is 9.98 Å². The van der Waals surface area contributed by atoms with Crippen molar-refractivity contribution >= 4 is 11.5 Å². The monoisotopic (exact) mass is 212 g/mol. The van der Waals surface area contributed by atoms with Gasteiger partial charge in [0.15, 0.2) is 5.82 Å². The summed E-state index contributed by atoms with van der Waals surface area (Å²) in [6.45, 7) is 1.85. The maximum Gasteiger partial charge on any atom is 0.152 e. The van der Waals surface area contributed by atoms with Crippen LogP contribution in [0.25, 0.3) is 0 Å². The SMILES string of the molecule is CC(=Nc1ccccn1)c1ccccc1O. The molecule has 0 amide bonds. The highest BCUT2D eigenvalue weighted by Crippen LogP contribution is 2.18. The Labute approximate surface area is 94.1 Å². The molecule has 0 spiro atoms. The van der Waals surface area contributed by atoms with Crippen LogP contribution in [0.1, 0.15) is 12.5 Å². The van der Waals surface area contributed by atoms with Crippen molar-refractivity contribution < 1.29 is 5.11 Å². The quantitative estimate of drug-likeness (QED) is 0.778. The van der Waals surface area contributed by atoms with Crippen LogP contribution in [0.15, 0.2) is 53.7 Å². The third kappa shape index (κ3) is 2.25. The Bertz CT molecular complexity index is 506. The van der Waals surface area contributed by atoms with E-state index in [1.807, 2.05) is 37.3 Å². The summed E-state index contributed by atoms with van der Waals surface area (Å²) < 4.78 is 0. The third-order valence-electron chi connectivity index (χ3n) is 2.23. The van der Waals surface area contributed by atoms with Crippen molar-refractivity contribution in [3.63, 3.8) is 0 Å². The van der Waals surface area contributed by atoms with E-state index in [4.69, 9.17) is 0 Å². The molecule has 0 unspecified atom stereocenters. The number of aromatic hydroxyl groups is 1. The number of aromatic nitrogens is 1. The van der Waals surface area contributed by atoms with Crippen LogP contribution in [0, 0.1) is 0 Å². The normalized spacial score (nSPS) is 11.4. The van der Waals surface area contributed by atoms with E-state index < -0.39 is 0 Å². The van der Waals surface area contributed by atoms with Gasteiger partial charge in [0.2, 0.25) is 0 Å². The van der Waals surface area contributed by atoms with Crippen LogP contribution in [0.2, 0.25) is 0 Å². The van der Waals surface area contributed by atoms with Crippen LogP contribution in [-0.2, 0) is 0 Å². The number of pyridine rings is 1. The summed E-state index contributed by atoms with van der Waals surface area (Å²) in [5.74, 6) is 0.878. The average Bonchev–Trinajstić information content (AvgIpc) is 2.31. The molecule has 0 radical (unpaired) electrons. The van der Waals surface area contributed by atoms with Crippen molar-refractivity contribution in [1.82, 2.24) is 4.98 Å². The summed E-state index contributed by atoms with van der Waals surface area (Å²) in [4.78, 5) is 8.44. The average molecular weight is 212 g/mol. The molecule has 2 rings (SSSR count). The van der Waals surface area contributed by atoms with Crippen LogP contribution < -0.4 is 0 Å². The summed E-state index contributed by atoms with van der Waals surface area (Å²) in [5, 5.41) is 9.66. The van der Waals surface area contributed by atoms with Crippen molar-refractivity contribution in [2.75, 3.05) is 0 Å². The maximum atomic E-state index is 9.66. The van der Waals surface area contributed by atoms with Gasteiger partial charge >= 0.3 is 0 Å². The van der Waals surface area contributed by atoms with Crippen LogP contribution in [-0.4, -0.2) is 15.8 Å².